The Balaban J connectivity index is 1.27. The van der Waals surface area contributed by atoms with Gasteiger partial charge in [-0.2, -0.15) is 0 Å². The molecule has 5 rings (SSSR count). The van der Waals surface area contributed by atoms with Crippen LogP contribution < -0.4 is 9.80 Å². The molecule has 3 heterocycles. The minimum absolute atomic E-state index is 0.744. The number of hydrogen-bond donors (Lipinski definition) is 0. The third kappa shape index (κ3) is 4.72. The maximum atomic E-state index is 6.01. The van der Waals surface area contributed by atoms with Crippen LogP contribution in [-0.4, -0.2) is 36.1 Å². The molecule has 0 bridgehead atoms. The molecule has 0 unspecified atom stereocenters. The predicted octanol–water partition coefficient (Wildman–Crippen LogP) is 6.96. The number of benzene rings is 2. The van der Waals surface area contributed by atoms with Gasteiger partial charge in [-0.25, -0.2) is 9.97 Å². The number of nitrogens with zero attached hydrogens (tertiary/aromatic N) is 4. The number of aromatic nitrogens is 2. The molecule has 2 aromatic carbocycles. The number of halogens is 2. The number of hydrogen-bond acceptors (Lipinski definition) is 6. The fourth-order valence-corrected chi connectivity index (χ4v) is 5.65. The van der Waals surface area contributed by atoms with Crippen molar-refractivity contribution >= 4 is 56.1 Å². The second-order valence-corrected chi connectivity index (χ2v) is 9.92. The largest absolute Gasteiger partial charge is 0.346 e. The molecule has 0 saturated carbocycles. The minimum Gasteiger partial charge on any atom is -0.346 e. The van der Waals surface area contributed by atoms with Gasteiger partial charge in [-0.3, -0.25) is 0 Å². The summed E-state index contributed by atoms with van der Waals surface area (Å²) >= 11 is 15.4. The topological polar surface area (TPSA) is 32.3 Å². The molecule has 0 radical (unpaired) electrons. The second kappa shape index (κ2) is 9.17. The molecule has 0 N–H and O–H groups in total. The van der Waals surface area contributed by atoms with Crippen molar-refractivity contribution in [2.75, 3.05) is 36.0 Å². The van der Waals surface area contributed by atoms with Crippen LogP contribution in [0, 0.1) is 0 Å². The number of rotatable bonds is 4. The van der Waals surface area contributed by atoms with Gasteiger partial charge < -0.3 is 9.80 Å². The van der Waals surface area contributed by atoms with Crippen molar-refractivity contribution in [2.24, 2.45) is 0 Å². The quantitative estimate of drug-likeness (QED) is 0.312. The van der Waals surface area contributed by atoms with Gasteiger partial charge in [-0.05, 0) is 30.7 Å². The average molecular weight is 487 g/mol. The molecular weight excluding hydrogens is 467 g/mol. The van der Waals surface area contributed by atoms with Gasteiger partial charge in [-0.15, -0.1) is 22.7 Å². The first-order valence-corrected chi connectivity index (χ1v) is 12.6. The highest BCUT2D eigenvalue weighted by Crippen LogP contribution is 2.31. The molecular formula is C23H20Cl2N4S2. The van der Waals surface area contributed by atoms with Gasteiger partial charge in [0.15, 0.2) is 10.3 Å². The van der Waals surface area contributed by atoms with Crippen LogP contribution >= 0.6 is 45.9 Å². The van der Waals surface area contributed by atoms with Gasteiger partial charge in [0.05, 0.1) is 11.4 Å². The van der Waals surface area contributed by atoms with Crippen LogP contribution in [0.4, 0.5) is 10.3 Å². The molecule has 1 aliphatic heterocycles. The summed E-state index contributed by atoms with van der Waals surface area (Å²) in [5.41, 5.74) is 4.21. The van der Waals surface area contributed by atoms with Crippen LogP contribution in [0.3, 0.4) is 0 Å². The van der Waals surface area contributed by atoms with Gasteiger partial charge in [0, 0.05) is 58.1 Å². The summed E-state index contributed by atoms with van der Waals surface area (Å²) in [5, 5.41) is 7.89. The van der Waals surface area contributed by atoms with Crippen molar-refractivity contribution in [2.45, 2.75) is 6.42 Å². The zero-order chi connectivity index (χ0) is 21.2. The van der Waals surface area contributed by atoms with Crippen LogP contribution in [0.25, 0.3) is 22.5 Å². The third-order valence-corrected chi connectivity index (χ3v) is 7.61. The monoisotopic (exact) mass is 486 g/mol. The van der Waals surface area contributed by atoms with Crippen molar-refractivity contribution in [3.05, 3.63) is 69.3 Å². The molecule has 1 fully saturated rings. The van der Waals surface area contributed by atoms with Crippen LogP contribution in [0.2, 0.25) is 10.0 Å². The van der Waals surface area contributed by atoms with Gasteiger partial charge >= 0.3 is 0 Å². The van der Waals surface area contributed by atoms with E-state index in [2.05, 4.69) is 20.6 Å². The second-order valence-electron chi connectivity index (χ2n) is 7.37. The molecule has 8 heteroatoms. The zero-order valence-electron chi connectivity index (χ0n) is 16.7. The third-order valence-electron chi connectivity index (χ3n) is 5.30. The smallest absolute Gasteiger partial charge is 0.185 e. The van der Waals surface area contributed by atoms with Gasteiger partial charge in [-0.1, -0.05) is 47.5 Å². The van der Waals surface area contributed by atoms with Crippen LogP contribution in [-0.2, 0) is 0 Å². The van der Waals surface area contributed by atoms with Crippen molar-refractivity contribution in [3.63, 3.8) is 0 Å². The Bertz CT molecular complexity index is 1060. The van der Waals surface area contributed by atoms with E-state index < -0.39 is 0 Å². The Morgan fingerprint density at radius 1 is 0.613 bits per heavy atom. The Morgan fingerprint density at radius 3 is 1.45 bits per heavy atom. The Morgan fingerprint density at radius 2 is 1.03 bits per heavy atom. The molecule has 4 aromatic rings. The lowest BCUT2D eigenvalue weighted by Gasteiger charge is -2.21. The highest BCUT2D eigenvalue weighted by molar-refractivity contribution is 7.14. The molecule has 31 heavy (non-hydrogen) atoms. The molecule has 4 nitrogen and oxygen atoms in total. The molecule has 0 aliphatic carbocycles. The Hall–Kier alpha value is -2.12. The van der Waals surface area contributed by atoms with E-state index in [1.165, 1.54) is 0 Å². The van der Waals surface area contributed by atoms with E-state index in [-0.39, 0.29) is 0 Å². The van der Waals surface area contributed by atoms with E-state index in [9.17, 15) is 0 Å². The van der Waals surface area contributed by atoms with Gasteiger partial charge in [0.25, 0.3) is 0 Å². The first kappa shape index (κ1) is 20.8. The zero-order valence-corrected chi connectivity index (χ0v) is 19.8. The first-order valence-electron chi connectivity index (χ1n) is 10.1. The normalized spacial score (nSPS) is 14.6. The van der Waals surface area contributed by atoms with Crippen molar-refractivity contribution < 1.29 is 0 Å². The van der Waals surface area contributed by atoms with E-state index >= 15 is 0 Å². The lowest BCUT2D eigenvalue weighted by atomic mass is 10.2. The van der Waals surface area contributed by atoms with Crippen LogP contribution in [0.1, 0.15) is 6.42 Å². The van der Waals surface area contributed by atoms with E-state index in [1.54, 1.807) is 22.7 Å². The maximum absolute atomic E-state index is 6.01. The fraction of sp³-hybridized carbons (Fsp3) is 0.217. The summed E-state index contributed by atoms with van der Waals surface area (Å²) in [4.78, 5) is 14.5. The minimum atomic E-state index is 0.744. The standard InChI is InChI=1S/C23H20Cl2N4S2/c24-18-6-2-16(3-7-18)20-14-30-22(26-20)28-10-1-11-29(13-12-28)23-27-21(15-31-23)17-4-8-19(25)9-5-17/h2-9,14-15H,1,10-13H2. The summed E-state index contributed by atoms with van der Waals surface area (Å²) in [6, 6.07) is 15.7. The summed E-state index contributed by atoms with van der Waals surface area (Å²) in [7, 11) is 0. The van der Waals surface area contributed by atoms with Crippen molar-refractivity contribution in [3.8, 4) is 22.5 Å². The molecule has 158 valence electrons. The van der Waals surface area contributed by atoms with Gasteiger partial charge in [0.2, 0.25) is 0 Å². The summed E-state index contributed by atoms with van der Waals surface area (Å²) < 4.78 is 0. The molecule has 0 spiro atoms. The van der Waals surface area contributed by atoms with Crippen LogP contribution in [0.5, 0.6) is 0 Å². The molecule has 1 aliphatic rings. The lowest BCUT2D eigenvalue weighted by Crippen LogP contribution is -2.30. The number of thiazole rings is 2. The summed E-state index contributed by atoms with van der Waals surface area (Å²) in [6.07, 6.45) is 1.08. The summed E-state index contributed by atoms with van der Waals surface area (Å²) in [5.74, 6) is 0. The SMILES string of the molecule is Clc1ccc(-c2csc(N3CCCN(c4nc(-c5ccc(Cl)cc5)cs4)CC3)n2)cc1. The summed E-state index contributed by atoms with van der Waals surface area (Å²) in [6.45, 7) is 3.87. The van der Waals surface area contributed by atoms with Crippen molar-refractivity contribution in [1.29, 1.82) is 0 Å². The lowest BCUT2D eigenvalue weighted by molar-refractivity contribution is 0.803. The van der Waals surface area contributed by atoms with Crippen LogP contribution in [0.15, 0.2) is 59.3 Å². The fourth-order valence-electron chi connectivity index (χ4n) is 3.63. The maximum Gasteiger partial charge on any atom is 0.185 e. The molecule has 0 amide bonds. The van der Waals surface area contributed by atoms with E-state index in [1.807, 2.05) is 48.5 Å². The van der Waals surface area contributed by atoms with Gasteiger partial charge in [0.1, 0.15) is 0 Å². The first-order chi connectivity index (χ1) is 15.2. The van der Waals surface area contributed by atoms with E-state index in [4.69, 9.17) is 33.2 Å². The average Bonchev–Trinajstić information content (AvgIpc) is 3.41. The van der Waals surface area contributed by atoms with E-state index in [0.29, 0.717) is 0 Å². The van der Waals surface area contributed by atoms with Crippen molar-refractivity contribution in [1.82, 2.24) is 9.97 Å². The highest BCUT2D eigenvalue weighted by Gasteiger charge is 2.20. The molecule has 1 saturated heterocycles. The van der Waals surface area contributed by atoms with E-state index in [0.717, 1.165) is 75.4 Å². The molecule has 2 aromatic heterocycles. The Labute approximate surface area is 199 Å². The Kier molecular flexibility index (Phi) is 6.14. The molecule has 0 atom stereocenters. The number of anilines is 2. The highest BCUT2D eigenvalue weighted by atomic mass is 35.5. The predicted molar refractivity (Wildman–Crippen MR) is 134 cm³/mol.